The van der Waals surface area contributed by atoms with Crippen LogP contribution in [0.5, 0.6) is 0 Å². The van der Waals surface area contributed by atoms with E-state index < -0.39 is 80.7 Å². The van der Waals surface area contributed by atoms with Crippen molar-refractivity contribution in [3.05, 3.63) is 35.9 Å². The lowest BCUT2D eigenvalue weighted by Gasteiger charge is -2.43. The van der Waals surface area contributed by atoms with Crippen molar-refractivity contribution in [3.63, 3.8) is 0 Å². The van der Waals surface area contributed by atoms with Gasteiger partial charge in [-0.15, -0.1) is 0 Å². The molecule has 12 nitrogen and oxygen atoms in total. The van der Waals surface area contributed by atoms with E-state index in [0.29, 0.717) is 5.56 Å². The summed E-state index contributed by atoms with van der Waals surface area (Å²) in [7, 11) is 0. The summed E-state index contributed by atoms with van der Waals surface area (Å²) in [6.07, 6.45) is -16.5. The molecule has 0 bridgehead atoms. The average Bonchev–Trinajstić information content (AvgIpc) is 2.81. The summed E-state index contributed by atoms with van der Waals surface area (Å²) < 4.78 is 21.6. The van der Waals surface area contributed by atoms with Crippen LogP contribution in [0.25, 0.3) is 0 Å². The van der Waals surface area contributed by atoms with Crippen LogP contribution in [-0.4, -0.2) is 110 Å². The van der Waals surface area contributed by atoms with Gasteiger partial charge in [0.25, 0.3) is 0 Å². The van der Waals surface area contributed by atoms with Crippen molar-refractivity contribution in [3.8, 4) is 6.07 Å². The number of nitrogens with zero attached hydrogens (tertiary/aromatic N) is 1. The van der Waals surface area contributed by atoms with Crippen LogP contribution in [0.2, 0.25) is 0 Å². The minimum Gasteiger partial charge on any atom is -0.394 e. The van der Waals surface area contributed by atoms with Gasteiger partial charge in [0.2, 0.25) is 0 Å². The molecule has 0 unspecified atom stereocenters. The third-order valence-electron chi connectivity index (χ3n) is 5.43. The van der Waals surface area contributed by atoms with Crippen LogP contribution in [0.1, 0.15) is 11.7 Å². The van der Waals surface area contributed by atoms with Gasteiger partial charge in [0.15, 0.2) is 18.7 Å². The summed E-state index contributed by atoms with van der Waals surface area (Å²) in [6, 6.07) is 10.3. The molecule has 0 aromatic heterocycles. The Morgan fingerprint density at radius 2 is 1.38 bits per heavy atom. The first-order valence-corrected chi connectivity index (χ1v) is 10.00. The maximum absolute atomic E-state index is 10.3. The Kier molecular flexibility index (Phi) is 8.50. The minimum absolute atomic E-state index is 0.487. The fraction of sp³-hybridized carbons (Fsp3) is 0.650. The van der Waals surface area contributed by atoms with Crippen molar-refractivity contribution < 1.29 is 54.7 Å². The van der Waals surface area contributed by atoms with Gasteiger partial charge in [0.1, 0.15) is 48.8 Å². The van der Waals surface area contributed by atoms with E-state index in [-0.39, 0.29) is 0 Å². The summed E-state index contributed by atoms with van der Waals surface area (Å²) in [5, 5.41) is 79.1. The first kappa shape index (κ1) is 24.9. The van der Waals surface area contributed by atoms with Gasteiger partial charge in [-0.05, 0) is 5.56 Å². The monoisotopic (exact) mass is 457 g/mol. The highest BCUT2D eigenvalue weighted by atomic mass is 16.7. The SMILES string of the molecule is N#C[C@H](O[C@@H]1O[C@H](CO[C@H]2O[C@H](CO)[C@@H](O)[C@H](O)[C@H]2O)[C@@H](O)[C@H](O)[C@H]1O)c1ccccc1. The molecule has 0 aliphatic carbocycles. The Labute approximate surface area is 183 Å². The van der Waals surface area contributed by atoms with Crippen molar-refractivity contribution in [2.24, 2.45) is 0 Å². The Bertz CT molecular complexity index is 760. The Hall–Kier alpha value is -1.73. The van der Waals surface area contributed by atoms with Crippen LogP contribution in [0.3, 0.4) is 0 Å². The lowest BCUT2D eigenvalue weighted by molar-refractivity contribution is -0.334. The lowest BCUT2D eigenvalue weighted by atomic mass is 9.98. The molecule has 2 saturated heterocycles. The van der Waals surface area contributed by atoms with Gasteiger partial charge < -0.3 is 54.7 Å². The molecule has 12 heteroatoms. The molecule has 2 heterocycles. The largest absolute Gasteiger partial charge is 0.394 e. The standard InChI is InChI=1S/C20H27NO11/c21-6-10(9-4-2-1-3-5-9)30-20-18(28)16(26)14(24)12(32-20)8-29-19-17(27)15(25)13(23)11(7-22)31-19/h1-5,10-20,22-28H,7-8H2/t10-,11+,12+,13+,14+,15-,16-,17+,18+,19-,20+/m0/s1. The summed E-state index contributed by atoms with van der Waals surface area (Å²) in [5.74, 6) is 0. The number of benzene rings is 1. The Balaban J connectivity index is 1.65. The van der Waals surface area contributed by atoms with Crippen molar-refractivity contribution in [1.29, 1.82) is 5.26 Å². The highest BCUT2D eigenvalue weighted by Gasteiger charge is 2.48. The van der Waals surface area contributed by atoms with E-state index >= 15 is 0 Å². The minimum atomic E-state index is -1.70. The zero-order valence-electron chi connectivity index (χ0n) is 16.9. The van der Waals surface area contributed by atoms with Gasteiger partial charge in [-0.3, -0.25) is 0 Å². The van der Waals surface area contributed by atoms with E-state index in [1.54, 1.807) is 30.3 Å². The molecule has 1 aromatic carbocycles. The van der Waals surface area contributed by atoms with Gasteiger partial charge in [-0.2, -0.15) is 5.26 Å². The van der Waals surface area contributed by atoms with Gasteiger partial charge in [0.05, 0.1) is 19.3 Å². The normalized spacial score (nSPS) is 41.1. The van der Waals surface area contributed by atoms with E-state index in [2.05, 4.69) is 0 Å². The van der Waals surface area contributed by atoms with Gasteiger partial charge >= 0.3 is 0 Å². The second-order valence-electron chi connectivity index (χ2n) is 7.60. The molecule has 2 aliphatic rings. The second kappa shape index (κ2) is 10.9. The molecule has 2 aliphatic heterocycles. The van der Waals surface area contributed by atoms with Gasteiger partial charge in [0, 0.05) is 0 Å². The maximum Gasteiger partial charge on any atom is 0.188 e. The summed E-state index contributed by atoms with van der Waals surface area (Å²) in [5.41, 5.74) is 0.487. The fourth-order valence-corrected chi connectivity index (χ4v) is 3.51. The van der Waals surface area contributed by atoms with Crippen LogP contribution in [0.4, 0.5) is 0 Å². The Morgan fingerprint density at radius 3 is 1.97 bits per heavy atom. The topological polar surface area (TPSA) is 202 Å². The predicted molar refractivity (Wildman–Crippen MR) is 102 cm³/mol. The average molecular weight is 457 g/mol. The number of hydrogen-bond acceptors (Lipinski definition) is 12. The highest BCUT2D eigenvalue weighted by Crippen LogP contribution is 2.28. The third-order valence-corrected chi connectivity index (χ3v) is 5.43. The molecule has 3 rings (SSSR count). The molecule has 0 radical (unpaired) electrons. The molecular weight excluding hydrogens is 430 g/mol. The van der Waals surface area contributed by atoms with Crippen LogP contribution in [0, 0.1) is 11.3 Å². The first-order chi connectivity index (χ1) is 15.3. The van der Waals surface area contributed by atoms with Crippen LogP contribution in [0.15, 0.2) is 30.3 Å². The third kappa shape index (κ3) is 5.25. The van der Waals surface area contributed by atoms with E-state index in [4.69, 9.17) is 18.9 Å². The lowest BCUT2D eigenvalue weighted by Crippen LogP contribution is -2.61. The molecule has 0 spiro atoms. The molecule has 178 valence electrons. The van der Waals surface area contributed by atoms with E-state index in [1.807, 2.05) is 6.07 Å². The van der Waals surface area contributed by atoms with Crippen LogP contribution < -0.4 is 0 Å². The summed E-state index contributed by atoms with van der Waals surface area (Å²) in [4.78, 5) is 0. The van der Waals surface area contributed by atoms with E-state index in [9.17, 15) is 41.0 Å². The Morgan fingerprint density at radius 1 is 0.812 bits per heavy atom. The predicted octanol–water partition coefficient (Wildman–Crippen LogP) is -3.11. The molecule has 11 atom stereocenters. The van der Waals surface area contributed by atoms with Crippen molar-refractivity contribution in [2.75, 3.05) is 13.2 Å². The first-order valence-electron chi connectivity index (χ1n) is 10.00. The molecule has 32 heavy (non-hydrogen) atoms. The number of hydrogen-bond donors (Lipinski definition) is 7. The molecule has 0 amide bonds. The van der Waals surface area contributed by atoms with Gasteiger partial charge in [-0.1, -0.05) is 30.3 Å². The summed E-state index contributed by atoms with van der Waals surface area (Å²) >= 11 is 0. The zero-order valence-corrected chi connectivity index (χ0v) is 16.9. The van der Waals surface area contributed by atoms with Crippen molar-refractivity contribution in [1.82, 2.24) is 0 Å². The molecular formula is C20H27NO11. The summed E-state index contributed by atoms with van der Waals surface area (Å²) in [6.45, 7) is -1.14. The van der Waals surface area contributed by atoms with Crippen LogP contribution >= 0.6 is 0 Å². The van der Waals surface area contributed by atoms with Crippen molar-refractivity contribution >= 4 is 0 Å². The van der Waals surface area contributed by atoms with E-state index in [0.717, 1.165) is 0 Å². The number of aliphatic hydroxyl groups is 7. The molecule has 7 N–H and O–H groups in total. The number of ether oxygens (including phenoxy) is 4. The molecule has 1 aromatic rings. The number of rotatable bonds is 7. The molecule has 0 saturated carbocycles. The highest BCUT2D eigenvalue weighted by molar-refractivity contribution is 5.22. The second-order valence-corrected chi connectivity index (χ2v) is 7.60. The smallest absolute Gasteiger partial charge is 0.188 e. The molecule has 2 fully saturated rings. The maximum atomic E-state index is 10.3. The number of aliphatic hydroxyl groups excluding tert-OH is 7. The van der Waals surface area contributed by atoms with Gasteiger partial charge in [-0.25, -0.2) is 0 Å². The van der Waals surface area contributed by atoms with Crippen molar-refractivity contribution in [2.45, 2.75) is 67.5 Å². The number of nitriles is 1. The van der Waals surface area contributed by atoms with Crippen LogP contribution in [-0.2, 0) is 18.9 Å². The van der Waals surface area contributed by atoms with E-state index in [1.165, 1.54) is 0 Å². The fourth-order valence-electron chi connectivity index (χ4n) is 3.51. The zero-order chi connectivity index (χ0) is 23.4. The quantitative estimate of drug-likeness (QED) is 0.218.